The number of hydrogen-bond donors (Lipinski definition) is 1. The summed E-state index contributed by atoms with van der Waals surface area (Å²) in [6, 6.07) is 9.34. The largest absolute Gasteiger partial charge is 0.493 e. The van der Waals surface area contributed by atoms with Crippen LogP contribution in [-0.2, 0) is 11.3 Å². The fourth-order valence-electron chi connectivity index (χ4n) is 2.53. The molecule has 0 radical (unpaired) electrons. The van der Waals surface area contributed by atoms with E-state index in [1.54, 1.807) is 12.1 Å². The topological polar surface area (TPSA) is 60.7 Å². The van der Waals surface area contributed by atoms with E-state index in [-0.39, 0.29) is 5.91 Å². The maximum absolute atomic E-state index is 12.0. The third-order valence-electron chi connectivity index (χ3n) is 3.91. The number of benzene rings is 1. The molecule has 1 aliphatic rings. The van der Waals surface area contributed by atoms with Crippen LogP contribution in [0.25, 0.3) is 0 Å². The molecule has 3 rings (SSSR count). The fraction of sp³-hybridized carbons (Fsp3) is 0.389. The van der Waals surface area contributed by atoms with E-state index in [2.05, 4.69) is 5.32 Å². The van der Waals surface area contributed by atoms with Gasteiger partial charge in [-0.15, -0.1) is 0 Å². The number of amides is 1. The summed E-state index contributed by atoms with van der Waals surface area (Å²) in [4.78, 5) is 12.0. The van der Waals surface area contributed by atoms with Crippen molar-refractivity contribution in [2.24, 2.45) is 5.92 Å². The molecule has 5 heteroatoms. The molecule has 5 nitrogen and oxygen atoms in total. The zero-order chi connectivity index (χ0) is 16.1. The van der Waals surface area contributed by atoms with Crippen molar-refractivity contribution in [3.63, 3.8) is 0 Å². The van der Waals surface area contributed by atoms with Crippen LogP contribution in [0.2, 0.25) is 0 Å². The molecular formula is C18H21NO4. The number of rotatable bonds is 6. The van der Waals surface area contributed by atoms with Gasteiger partial charge in [0.2, 0.25) is 0 Å². The van der Waals surface area contributed by atoms with Gasteiger partial charge in [-0.2, -0.15) is 0 Å². The second-order valence-electron chi connectivity index (χ2n) is 5.81. The number of carbonyl (C=O) groups excluding carboxylic acids is 1. The Morgan fingerprint density at radius 3 is 3.04 bits per heavy atom. The number of aryl methyl sites for hydroxylation is 1. The summed E-state index contributed by atoms with van der Waals surface area (Å²) in [5, 5.41) is 2.85. The Kier molecular flexibility index (Phi) is 4.98. The van der Waals surface area contributed by atoms with Crippen LogP contribution in [0.5, 0.6) is 5.75 Å². The normalized spacial score (nSPS) is 17.2. The average Bonchev–Trinajstić information content (AvgIpc) is 3.25. The molecule has 1 aliphatic heterocycles. The van der Waals surface area contributed by atoms with Gasteiger partial charge in [-0.25, -0.2) is 0 Å². The van der Waals surface area contributed by atoms with Crippen LogP contribution in [0, 0.1) is 12.8 Å². The first-order chi connectivity index (χ1) is 11.2. The molecule has 1 amide bonds. The number of carbonyl (C=O) groups is 1. The van der Waals surface area contributed by atoms with Crippen LogP contribution in [0.3, 0.4) is 0 Å². The smallest absolute Gasteiger partial charge is 0.287 e. The molecule has 1 aromatic carbocycles. The lowest BCUT2D eigenvalue weighted by molar-refractivity contribution is 0.0923. The Hall–Kier alpha value is -2.27. The average molecular weight is 315 g/mol. The highest BCUT2D eigenvalue weighted by atomic mass is 16.5. The molecule has 0 bridgehead atoms. The van der Waals surface area contributed by atoms with Crippen molar-refractivity contribution < 1.29 is 18.7 Å². The number of ether oxygens (including phenoxy) is 2. The highest BCUT2D eigenvalue weighted by Crippen LogP contribution is 2.22. The van der Waals surface area contributed by atoms with Gasteiger partial charge in [-0.05, 0) is 37.1 Å². The molecule has 23 heavy (non-hydrogen) atoms. The molecule has 122 valence electrons. The van der Waals surface area contributed by atoms with Gasteiger partial charge in [0.25, 0.3) is 5.91 Å². The second-order valence-corrected chi connectivity index (χ2v) is 5.81. The quantitative estimate of drug-likeness (QED) is 0.890. The second kappa shape index (κ2) is 7.33. The lowest BCUT2D eigenvalue weighted by Gasteiger charge is -2.15. The molecule has 1 N–H and O–H groups in total. The van der Waals surface area contributed by atoms with Crippen molar-refractivity contribution in [2.75, 3.05) is 19.8 Å². The standard InChI is InChI=1S/C18H21NO4/c1-13-4-5-15(10-19-18(20)16-3-2-7-22-16)17(9-13)23-12-14-6-8-21-11-14/h2-5,7,9,14H,6,8,10-12H2,1H3,(H,19,20)/t14-/m1/s1. The Labute approximate surface area is 135 Å². The van der Waals surface area contributed by atoms with Gasteiger partial charge in [0.15, 0.2) is 5.76 Å². The summed E-state index contributed by atoms with van der Waals surface area (Å²) >= 11 is 0. The van der Waals surface area contributed by atoms with Crippen LogP contribution >= 0.6 is 0 Å². The molecule has 1 saturated heterocycles. The monoisotopic (exact) mass is 315 g/mol. The van der Waals surface area contributed by atoms with Crippen LogP contribution in [0.4, 0.5) is 0 Å². The Morgan fingerprint density at radius 2 is 2.30 bits per heavy atom. The van der Waals surface area contributed by atoms with Crippen molar-refractivity contribution in [3.8, 4) is 5.75 Å². The van der Waals surface area contributed by atoms with Gasteiger partial charge in [-0.1, -0.05) is 12.1 Å². The van der Waals surface area contributed by atoms with Gasteiger partial charge >= 0.3 is 0 Å². The fourth-order valence-corrected chi connectivity index (χ4v) is 2.53. The maximum Gasteiger partial charge on any atom is 0.287 e. The van der Waals surface area contributed by atoms with Crippen LogP contribution in [0.1, 0.15) is 28.1 Å². The Morgan fingerprint density at radius 1 is 1.39 bits per heavy atom. The molecule has 2 heterocycles. The predicted molar refractivity (Wildman–Crippen MR) is 85.5 cm³/mol. The summed E-state index contributed by atoms with van der Waals surface area (Å²) in [6.07, 6.45) is 2.52. The molecule has 0 saturated carbocycles. The number of furan rings is 1. The van der Waals surface area contributed by atoms with E-state index in [4.69, 9.17) is 13.9 Å². The molecule has 0 aliphatic carbocycles. The van der Waals surface area contributed by atoms with Gasteiger partial charge in [0, 0.05) is 24.6 Å². The molecule has 1 aromatic heterocycles. The first kappa shape index (κ1) is 15.6. The molecule has 1 fully saturated rings. The van der Waals surface area contributed by atoms with Gasteiger partial charge in [0.1, 0.15) is 5.75 Å². The van der Waals surface area contributed by atoms with Gasteiger partial charge < -0.3 is 19.2 Å². The SMILES string of the molecule is Cc1ccc(CNC(=O)c2ccco2)c(OC[C@@H]2CCOC2)c1. The molecule has 1 atom stereocenters. The Bertz CT molecular complexity index is 645. The molecule has 0 spiro atoms. The van der Waals surface area contributed by atoms with Crippen molar-refractivity contribution in [3.05, 3.63) is 53.5 Å². The summed E-state index contributed by atoms with van der Waals surface area (Å²) in [6.45, 7) is 4.64. The van der Waals surface area contributed by atoms with Crippen LogP contribution in [0.15, 0.2) is 41.0 Å². The lowest BCUT2D eigenvalue weighted by Crippen LogP contribution is -2.23. The minimum absolute atomic E-state index is 0.231. The van der Waals surface area contributed by atoms with Crippen molar-refractivity contribution in [1.82, 2.24) is 5.32 Å². The van der Waals surface area contributed by atoms with E-state index in [9.17, 15) is 4.79 Å². The summed E-state index contributed by atoms with van der Waals surface area (Å²) < 4.78 is 16.4. The highest BCUT2D eigenvalue weighted by molar-refractivity contribution is 5.91. The zero-order valence-electron chi connectivity index (χ0n) is 13.2. The predicted octanol–water partition coefficient (Wildman–Crippen LogP) is 2.93. The summed E-state index contributed by atoms with van der Waals surface area (Å²) in [5.41, 5.74) is 2.08. The number of nitrogens with one attached hydrogen (secondary N) is 1. The third-order valence-corrected chi connectivity index (χ3v) is 3.91. The summed E-state index contributed by atoms with van der Waals surface area (Å²) in [7, 11) is 0. The van der Waals surface area contributed by atoms with Gasteiger partial charge in [0.05, 0.1) is 19.5 Å². The molecule has 0 unspecified atom stereocenters. The van der Waals surface area contributed by atoms with Crippen LogP contribution < -0.4 is 10.1 Å². The van der Waals surface area contributed by atoms with Crippen molar-refractivity contribution in [2.45, 2.75) is 19.9 Å². The van der Waals surface area contributed by atoms with Crippen molar-refractivity contribution in [1.29, 1.82) is 0 Å². The van der Waals surface area contributed by atoms with Crippen LogP contribution in [-0.4, -0.2) is 25.7 Å². The van der Waals surface area contributed by atoms with E-state index >= 15 is 0 Å². The molecular weight excluding hydrogens is 294 g/mol. The lowest BCUT2D eigenvalue weighted by atomic mass is 10.1. The summed E-state index contributed by atoms with van der Waals surface area (Å²) in [5.74, 6) is 1.34. The van der Waals surface area contributed by atoms with E-state index in [1.807, 2.05) is 25.1 Å². The third kappa shape index (κ3) is 4.13. The minimum Gasteiger partial charge on any atom is -0.493 e. The first-order valence-corrected chi connectivity index (χ1v) is 7.84. The minimum atomic E-state index is -0.231. The maximum atomic E-state index is 12.0. The van der Waals surface area contributed by atoms with Gasteiger partial charge in [-0.3, -0.25) is 4.79 Å². The Balaban J connectivity index is 1.62. The van der Waals surface area contributed by atoms with E-state index < -0.39 is 0 Å². The zero-order valence-corrected chi connectivity index (χ0v) is 13.2. The highest BCUT2D eigenvalue weighted by Gasteiger charge is 2.17. The first-order valence-electron chi connectivity index (χ1n) is 7.84. The van der Waals surface area contributed by atoms with Crippen molar-refractivity contribution >= 4 is 5.91 Å². The van der Waals surface area contributed by atoms with E-state index in [0.29, 0.717) is 24.8 Å². The molecule has 2 aromatic rings. The van der Waals surface area contributed by atoms with E-state index in [1.165, 1.54) is 6.26 Å². The number of hydrogen-bond acceptors (Lipinski definition) is 4. The van der Waals surface area contributed by atoms with E-state index in [0.717, 1.165) is 36.5 Å².